The number of nitrogens with one attached hydrogen (secondary N) is 1. The fraction of sp³-hybridized carbons (Fsp3) is 0.261. The van der Waals surface area contributed by atoms with Gasteiger partial charge in [-0.2, -0.15) is 5.10 Å². The van der Waals surface area contributed by atoms with Gasteiger partial charge < -0.3 is 15.2 Å². The maximum atomic E-state index is 13.4. The number of rotatable bonds is 4. The quantitative estimate of drug-likeness (QED) is 0.545. The van der Waals surface area contributed by atoms with E-state index >= 15 is 0 Å². The molecule has 1 aromatic carbocycles. The summed E-state index contributed by atoms with van der Waals surface area (Å²) in [5.41, 5.74) is 9.85. The zero-order chi connectivity index (χ0) is 20.5. The number of pyridine rings is 1. The third kappa shape index (κ3) is 3.32. The minimum atomic E-state index is -0.0278. The highest BCUT2D eigenvalue weighted by Crippen LogP contribution is 2.36. The predicted octanol–water partition coefficient (Wildman–Crippen LogP) is 3.76. The van der Waals surface area contributed by atoms with Crippen molar-refractivity contribution in [3.63, 3.8) is 0 Å². The summed E-state index contributed by atoms with van der Waals surface area (Å²) in [7, 11) is 0. The van der Waals surface area contributed by atoms with E-state index in [9.17, 15) is 4.79 Å². The zero-order valence-corrected chi connectivity index (χ0v) is 16.7. The van der Waals surface area contributed by atoms with Crippen LogP contribution in [0.5, 0.6) is 0 Å². The standard InChI is InChI=1S/C23H24N6O/c24-21-13-17(8-10-25-21)18-14-26-27-23(18)20-7-3-4-11-29(20)22(30)15-28-12-9-16-5-1-2-6-19(16)28/h1-2,5-6,8-10,12-14,20H,3-4,7,11,15H2,(H2,24,25)(H,26,27). The predicted molar refractivity (Wildman–Crippen MR) is 116 cm³/mol. The summed E-state index contributed by atoms with van der Waals surface area (Å²) < 4.78 is 2.03. The van der Waals surface area contributed by atoms with Crippen LogP contribution in [-0.4, -0.2) is 37.1 Å². The first kappa shape index (κ1) is 18.4. The van der Waals surface area contributed by atoms with Crippen molar-refractivity contribution < 1.29 is 4.79 Å². The molecule has 5 rings (SSSR count). The lowest BCUT2D eigenvalue weighted by molar-refractivity contribution is -0.135. The van der Waals surface area contributed by atoms with Crippen molar-refractivity contribution in [2.45, 2.75) is 31.8 Å². The van der Waals surface area contributed by atoms with Gasteiger partial charge in [-0.05, 0) is 54.5 Å². The molecule has 1 aliphatic heterocycles. The number of para-hydroxylation sites is 1. The number of carbonyl (C=O) groups is 1. The van der Waals surface area contributed by atoms with E-state index in [-0.39, 0.29) is 11.9 Å². The Labute approximate surface area is 174 Å². The number of nitrogens with zero attached hydrogens (tertiary/aromatic N) is 4. The average Bonchev–Trinajstić information content (AvgIpc) is 3.41. The molecule has 4 heterocycles. The summed E-state index contributed by atoms with van der Waals surface area (Å²) in [5.74, 6) is 0.589. The smallest absolute Gasteiger partial charge is 0.243 e. The van der Waals surface area contributed by atoms with Gasteiger partial charge >= 0.3 is 0 Å². The summed E-state index contributed by atoms with van der Waals surface area (Å²) in [6, 6.07) is 13.9. The van der Waals surface area contributed by atoms with E-state index in [4.69, 9.17) is 5.73 Å². The van der Waals surface area contributed by atoms with Gasteiger partial charge in [-0.15, -0.1) is 0 Å². The van der Waals surface area contributed by atoms with Crippen LogP contribution in [0.25, 0.3) is 22.0 Å². The number of H-pyrrole nitrogens is 1. The minimum absolute atomic E-state index is 0.0278. The third-order valence-corrected chi connectivity index (χ3v) is 5.90. The molecule has 0 saturated carbocycles. The van der Waals surface area contributed by atoms with Crippen LogP contribution in [0, 0.1) is 0 Å². The highest BCUT2D eigenvalue weighted by Gasteiger charge is 2.31. The molecule has 4 aromatic rings. The van der Waals surface area contributed by atoms with Crippen LogP contribution in [0.3, 0.4) is 0 Å². The Kier molecular flexibility index (Phi) is 4.71. The molecular weight excluding hydrogens is 376 g/mol. The second-order valence-corrected chi connectivity index (χ2v) is 7.77. The molecule has 0 bridgehead atoms. The fourth-order valence-corrected chi connectivity index (χ4v) is 4.44. The molecule has 7 heteroatoms. The number of hydrogen-bond donors (Lipinski definition) is 2. The number of fused-ring (bicyclic) bond motifs is 1. The summed E-state index contributed by atoms with van der Waals surface area (Å²) in [6.45, 7) is 1.08. The Balaban J connectivity index is 1.44. The number of nitrogens with two attached hydrogens (primary N) is 1. The maximum Gasteiger partial charge on any atom is 0.243 e. The SMILES string of the molecule is Nc1cc(-c2cn[nH]c2C2CCCCN2C(=O)Cn2ccc3ccccc32)ccn1. The lowest BCUT2D eigenvalue weighted by Crippen LogP contribution is -2.40. The van der Waals surface area contributed by atoms with Crippen molar-refractivity contribution in [2.24, 2.45) is 0 Å². The van der Waals surface area contributed by atoms with Crippen LogP contribution in [0.2, 0.25) is 0 Å². The molecule has 152 valence electrons. The molecule has 3 aromatic heterocycles. The number of likely N-dealkylation sites (tertiary alicyclic amines) is 1. The number of piperidine rings is 1. The van der Waals surface area contributed by atoms with E-state index < -0.39 is 0 Å². The summed E-state index contributed by atoms with van der Waals surface area (Å²) in [6.07, 6.45) is 8.50. The Morgan fingerprint density at radius 3 is 3.00 bits per heavy atom. The minimum Gasteiger partial charge on any atom is -0.384 e. The van der Waals surface area contributed by atoms with Crippen molar-refractivity contribution in [1.29, 1.82) is 0 Å². The summed E-state index contributed by atoms with van der Waals surface area (Å²) in [4.78, 5) is 19.4. The lowest BCUT2D eigenvalue weighted by Gasteiger charge is -2.36. The van der Waals surface area contributed by atoms with E-state index in [2.05, 4.69) is 33.4 Å². The third-order valence-electron chi connectivity index (χ3n) is 5.90. The molecule has 1 atom stereocenters. The number of aromatic amines is 1. The monoisotopic (exact) mass is 400 g/mol. The highest BCUT2D eigenvalue weighted by atomic mass is 16.2. The molecular formula is C23H24N6O. The van der Waals surface area contributed by atoms with Crippen LogP contribution in [-0.2, 0) is 11.3 Å². The number of benzene rings is 1. The number of carbonyl (C=O) groups excluding carboxylic acids is 1. The molecule has 1 amide bonds. The largest absolute Gasteiger partial charge is 0.384 e. The van der Waals surface area contributed by atoms with Gasteiger partial charge in [-0.3, -0.25) is 9.89 Å². The first-order valence-corrected chi connectivity index (χ1v) is 10.3. The maximum absolute atomic E-state index is 13.4. The molecule has 0 spiro atoms. The van der Waals surface area contributed by atoms with E-state index in [1.165, 1.54) is 0 Å². The van der Waals surface area contributed by atoms with Gasteiger partial charge in [0.1, 0.15) is 12.4 Å². The number of hydrogen-bond acceptors (Lipinski definition) is 4. The van der Waals surface area contributed by atoms with Crippen molar-refractivity contribution in [3.05, 3.63) is 66.7 Å². The number of anilines is 1. The molecule has 1 fully saturated rings. The van der Waals surface area contributed by atoms with Crippen LogP contribution < -0.4 is 5.73 Å². The van der Waals surface area contributed by atoms with Gasteiger partial charge in [0.05, 0.1) is 17.9 Å². The topological polar surface area (TPSA) is 92.8 Å². The van der Waals surface area contributed by atoms with Gasteiger partial charge in [0, 0.05) is 30.0 Å². The average molecular weight is 400 g/mol. The van der Waals surface area contributed by atoms with E-state index in [1.54, 1.807) is 12.4 Å². The molecule has 3 N–H and O–H groups in total. The zero-order valence-electron chi connectivity index (χ0n) is 16.7. The normalized spacial score (nSPS) is 16.8. The van der Waals surface area contributed by atoms with Crippen molar-refractivity contribution in [3.8, 4) is 11.1 Å². The van der Waals surface area contributed by atoms with Gasteiger partial charge in [0.2, 0.25) is 5.91 Å². The second kappa shape index (κ2) is 7.67. The van der Waals surface area contributed by atoms with Crippen LogP contribution in [0.15, 0.2) is 61.1 Å². The van der Waals surface area contributed by atoms with E-state index in [0.29, 0.717) is 12.4 Å². The Bertz CT molecular complexity index is 1190. The molecule has 30 heavy (non-hydrogen) atoms. The highest BCUT2D eigenvalue weighted by molar-refractivity contribution is 5.83. The van der Waals surface area contributed by atoms with E-state index in [0.717, 1.165) is 53.5 Å². The Morgan fingerprint density at radius 1 is 1.20 bits per heavy atom. The van der Waals surface area contributed by atoms with Gasteiger partial charge in [-0.1, -0.05) is 18.2 Å². The molecule has 0 aliphatic carbocycles. The summed E-state index contributed by atoms with van der Waals surface area (Å²) >= 11 is 0. The Morgan fingerprint density at radius 2 is 2.10 bits per heavy atom. The number of nitrogen functional groups attached to an aromatic ring is 1. The van der Waals surface area contributed by atoms with Gasteiger partial charge in [0.15, 0.2) is 0 Å². The molecule has 7 nitrogen and oxygen atoms in total. The van der Waals surface area contributed by atoms with E-state index in [1.807, 2.05) is 39.9 Å². The van der Waals surface area contributed by atoms with Crippen LogP contribution >= 0.6 is 0 Å². The molecule has 0 radical (unpaired) electrons. The van der Waals surface area contributed by atoms with Gasteiger partial charge in [-0.25, -0.2) is 4.98 Å². The first-order chi connectivity index (χ1) is 14.7. The molecule has 1 unspecified atom stereocenters. The second-order valence-electron chi connectivity index (χ2n) is 7.77. The fourth-order valence-electron chi connectivity index (χ4n) is 4.44. The molecule has 1 saturated heterocycles. The van der Waals surface area contributed by atoms with Gasteiger partial charge in [0.25, 0.3) is 0 Å². The lowest BCUT2D eigenvalue weighted by atomic mass is 9.94. The Hall–Kier alpha value is -3.61. The summed E-state index contributed by atoms with van der Waals surface area (Å²) in [5, 5.41) is 8.58. The van der Waals surface area contributed by atoms with Crippen molar-refractivity contribution >= 4 is 22.6 Å². The number of amides is 1. The van der Waals surface area contributed by atoms with Crippen LogP contribution in [0.4, 0.5) is 5.82 Å². The molecule has 1 aliphatic rings. The van der Waals surface area contributed by atoms with Crippen molar-refractivity contribution in [2.75, 3.05) is 12.3 Å². The first-order valence-electron chi connectivity index (χ1n) is 10.3. The van der Waals surface area contributed by atoms with Crippen molar-refractivity contribution in [1.82, 2.24) is 24.6 Å². The van der Waals surface area contributed by atoms with Crippen LogP contribution in [0.1, 0.15) is 31.0 Å². The number of aromatic nitrogens is 4.